The Balaban J connectivity index is 1.60. The molecule has 156 valence electrons. The fourth-order valence-corrected chi connectivity index (χ4v) is 2.97. The van der Waals surface area contributed by atoms with Crippen LogP contribution < -0.4 is 0 Å². The zero-order chi connectivity index (χ0) is 21.8. The summed E-state index contributed by atoms with van der Waals surface area (Å²) in [5.74, 6) is -0.572. The van der Waals surface area contributed by atoms with Crippen LogP contribution in [0.1, 0.15) is 21.7 Å². The number of aromatic nitrogens is 3. The van der Waals surface area contributed by atoms with Crippen LogP contribution in [0.25, 0.3) is 17.1 Å². The van der Waals surface area contributed by atoms with Crippen molar-refractivity contribution in [2.75, 3.05) is 0 Å². The van der Waals surface area contributed by atoms with Crippen molar-refractivity contribution >= 4 is 5.97 Å². The molecular weight excluding hydrogens is 407 g/mol. The monoisotopic (exact) mass is 423 g/mol. The van der Waals surface area contributed by atoms with E-state index in [2.05, 4.69) is 10.1 Å². The number of benzene rings is 3. The second kappa shape index (κ2) is 8.43. The molecule has 8 heteroatoms. The molecule has 0 unspecified atom stereocenters. The summed E-state index contributed by atoms with van der Waals surface area (Å²) in [6, 6.07) is 23.0. The minimum atomic E-state index is -4.47. The maximum atomic E-state index is 12.9. The summed E-state index contributed by atoms with van der Waals surface area (Å²) in [5.41, 5.74) is 0.856. The third kappa shape index (κ3) is 4.63. The number of hydrogen-bond acceptors (Lipinski definition) is 4. The van der Waals surface area contributed by atoms with Crippen LogP contribution in [0, 0.1) is 0 Å². The highest BCUT2D eigenvalue weighted by Gasteiger charge is 2.30. The number of nitrogens with zero attached hydrogens (tertiary/aromatic N) is 3. The lowest BCUT2D eigenvalue weighted by atomic mass is 10.1. The van der Waals surface area contributed by atoms with E-state index in [1.807, 2.05) is 60.7 Å². The van der Waals surface area contributed by atoms with E-state index in [0.29, 0.717) is 11.5 Å². The number of alkyl halides is 3. The van der Waals surface area contributed by atoms with Crippen molar-refractivity contribution in [2.45, 2.75) is 12.8 Å². The van der Waals surface area contributed by atoms with E-state index >= 15 is 0 Å². The van der Waals surface area contributed by atoms with Crippen LogP contribution in [-0.4, -0.2) is 20.7 Å². The minimum Gasteiger partial charge on any atom is -0.455 e. The second-order valence-corrected chi connectivity index (χ2v) is 6.65. The van der Waals surface area contributed by atoms with E-state index in [9.17, 15) is 18.0 Å². The largest absolute Gasteiger partial charge is 0.455 e. The molecule has 31 heavy (non-hydrogen) atoms. The summed E-state index contributed by atoms with van der Waals surface area (Å²) in [5, 5.41) is 4.28. The fourth-order valence-electron chi connectivity index (χ4n) is 2.97. The molecule has 1 heterocycles. The normalized spacial score (nSPS) is 11.3. The Bertz CT molecular complexity index is 1130. The molecule has 4 aromatic rings. The number of ether oxygens (including phenoxy) is 1. The first-order valence-corrected chi connectivity index (χ1v) is 9.33. The van der Waals surface area contributed by atoms with Gasteiger partial charge in [-0.3, -0.25) is 0 Å². The molecule has 4 rings (SSSR count). The first kappa shape index (κ1) is 20.3. The van der Waals surface area contributed by atoms with Gasteiger partial charge in [-0.25, -0.2) is 14.5 Å². The molecule has 0 aliphatic carbocycles. The van der Waals surface area contributed by atoms with Crippen LogP contribution in [0.15, 0.2) is 84.9 Å². The second-order valence-electron chi connectivity index (χ2n) is 6.65. The highest BCUT2D eigenvalue weighted by molar-refractivity contribution is 5.86. The van der Waals surface area contributed by atoms with E-state index in [0.717, 1.165) is 17.7 Å². The number of rotatable bonds is 5. The predicted molar refractivity (Wildman–Crippen MR) is 107 cm³/mol. The van der Waals surface area contributed by atoms with Gasteiger partial charge >= 0.3 is 12.1 Å². The van der Waals surface area contributed by atoms with Crippen LogP contribution in [0.5, 0.6) is 0 Å². The Kier molecular flexibility index (Phi) is 5.53. The van der Waals surface area contributed by atoms with Crippen LogP contribution >= 0.6 is 0 Å². The molecule has 0 aliphatic heterocycles. The van der Waals surface area contributed by atoms with Gasteiger partial charge < -0.3 is 4.74 Å². The molecule has 0 bridgehead atoms. The molecule has 5 nitrogen and oxygen atoms in total. The van der Waals surface area contributed by atoms with Gasteiger partial charge in [0.1, 0.15) is 6.61 Å². The van der Waals surface area contributed by atoms with E-state index in [1.165, 1.54) is 16.8 Å². The Morgan fingerprint density at radius 2 is 1.58 bits per heavy atom. The summed E-state index contributed by atoms with van der Waals surface area (Å²) in [7, 11) is 0. The van der Waals surface area contributed by atoms with Crippen molar-refractivity contribution in [1.29, 1.82) is 0 Å². The van der Waals surface area contributed by atoms with E-state index in [1.54, 1.807) is 0 Å². The molecule has 0 saturated carbocycles. The lowest BCUT2D eigenvalue weighted by Gasteiger charge is -2.08. The molecular formula is C23H16F3N3O2. The van der Waals surface area contributed by atoms with Gasteiger partial charge in [0.25, 0.3) is 5.82 Å². The molecule has 3 aromatic carbocycles. The van der Waals surface area contributed by atoms with Crippen LogP contribution in [0.2, 0.25) is 0 Å². The van der Waals surface area contributed by atoms with Crippen LogP contribution in [0.3, 0.4) is 0 Å². The molecule has 1 aromatic heterocycles. The Hall–Kier alpha value is -3.94. The van der Waals surface area contributed by atoms with Crippen molar-refractivity contribution in [2.24, 2.45) is 0 Å². The fraction of sp³-hybridized carbons (Fsp3) is 0.0870. The molecule has 0 aliphatic rings. The van der Waals surface area contributed by atoms with E-state index < -0.39 is 17.7 Å². The van der Waals surface area contributed by atoms with Gasteiger partial charge in [-0.2, -0.15) is 13.2 Å². The van der Waals surface area contributed by atoms with Crippen LogP contribution in [-0.2, 0) is 17.5 Å². The van der Waals surface area contributed by atoms with E-state index in [4.69, 9.17) is 4.74 Å². The van der Waals surface area contributed by atoms with Crippen LogP contribution in [0.4, 0.5) is 13.2 Å². The average molecular weight is 423 g/mol. The summed E-state index contributed by atoms with van der Waals surface area (Å²) >= 11 is 0. The maximum Gasteiger partial charge on any atom is 0.416 e. The number of halogens is 3. The number of carbonyl (C=O) groups excluding carboxylic acids is 1. The van der Waals surface area contributed by atoms with Gasteiger partial charge in [0.15, 0.2) is 5.82 Å². The van der Waals surface area contributed by atoms with E-state index in [-0.39, 0.29) is 18.0 Å². The highest BCUT2D eigenvalue weighted by atomic mass is 19.4. The first-order valence-electron chi connectivity index (χ1n) is 9.33. The zero-order valence-corrected chi connectivity index (χ0v) is 16.1. The Morgan fingerprint density at radius 1 is 0.903 bits per heavy atom. The van der Waals surface area contributed by atoms with Crippen molar-refractivity contribution in [1.82, 2.24) is 14.8 Å². The lowest BCUT2D eigenvalue weighted by molar-refractivity contribution is -0.137. The molecule has 0 spiro atoms. The predicted octanol–water partition coefficient (Wildman–Crippen LogP) is 5.31. The van der Waals surface area contributed by atoms with Gasteiger partial charge in [0.2, 0.25) is 0 Å². The topological polar surface area (TPSA) is 57.0 Å². The van der Waals surface area contributed by atoms with Crippen molar-refractivity contribution in [3.63, 3.8) is 0 Å². The number of para-hydroxylation sites is 1. The van der Waals surface area contributed by atoms with Gasteiger partial charge in [-0.15, -0.1) is 5.10 Å². The van der Waals surface area contributed by atoms with Gasteiger partial charge in [0.05, 0.1) is 11.3 Å². The number of esters is 1. The van der Waals surface area contributed by atoms with Crippen molar-refractivity contribution in [3.8, 4) is 17.1 Å². The summed E-state index contributed by atoms with van der Waals surface area (Å²) in [6.45, 7) is -0.330. The maximum absolute atomic E-state index is 12.9. The van der Waals surface area contributed by atoms with Gasteiger partial charge in [-0.1, -0.05) is 60.7 Å². The van der Waals surface area contributed by atoms with Gasteiger partial charge in [-0.05, 0) is 29.8 Å². The Labute approximate surface area is 175 Å². The zero-order valence-electron chi connectivity index (χ0n) is 16.1. The highest BCUT2D eigenvalue weighted by Crippen LogP contribution is 2.29. The molecule has 0 N–H and O–H groups in total. The summed E-state index contributed by atoms with van der Waals surface area (Å²) in [4.78, 5) is 16.9. The lowest BCUT2D eigenvalue weighted by Crippen LogP contribution is -2.09. The van der Waals surface area contributed by atoms with Crippen molar-refractivity contribution in [3.05, 3.63) is 102 Å². The molecule has 0 saturated heterocycles. The first-order chi connectivity index (χ1) is 14.9. The molecule has 0 amide bonds. The third-order valence-electron chi connectivity index (χ3n) is 4.45. The third-order valence-corrected chi connectivity index (χ3v) is 4.45. The summed E-state index contributed by atoms with van der Waals surface area (Å²) in [6.07, 6.45) is -4.47. The van der Waals surface area contributed by atoms with Crippen molar-refractivity contribution < 1.29 is 22.7 Å². The number of hydrogen-bond donors (Lipinski definition) is 0. The smallest absolute Gasteiger partial charge is 0.416 e. The number of carbonyl (C=O) groups is 1. The summed E-state index contributed by atoms with van der Waals surface area (Å²) < 4.78 is 45.3. The van der Waals surface area contributed by atoms with Gasteiger partial charge in [0, 0.05) is 5.56 Å². The molecule has 0 atom stereocenters. The standard InChI is InChI=1S/C23H16F3N3O2/c24-23(25,26)18-11-7-8-16(14-18)15-31-22(30)20-27-21(17-9-3-1-4-10-17)29(28-20)19-12-5-2-6-13-19/h1-14H,15H2. The molecule has 0 fully saturated rings. The average Bonchev–Trinajstić information content (AvgIpc) is 3.24. The Morgan fingerprint density at radius 3 is 2.26 bits per heavy atom. The SMILES string of the molecule is O=C(OCc1cccc(C(F)(F)F)c1)c1nc(-c2ccccc2)n(-c2ccccc2)n1. The molecule has 0 radical (unpaired) electrons. The quantitative estimate of drug-likeness (QED) is 0.408. The minimum absolute atomic E-state index is 0.185.